The number of carbonyl (C=O) groups excluding carboxylic acids is 1. The predicted molar refractivity (Wildman–Crippen MR) is 74.7 cm³/mol. The van der Waals surface area contributed by atoms with E-state index in [1.54, 1.807) is 26.0 Å². The summed E-state index contributed by atoms with van der Waals surface area (Å²) < 4.78 is 0. The van der Waals surface area contributed by atoms with Gasteiger partial charge in [0.25, 0.3) is 5.91 Å². The SMILES string of the molecule is CC(C)(CO)NC(=O)c1ccc(C#CC2CC2)cc1. The number of amides is 1. The minimum absolute atomic E-state index is 0.0936. The second-order valence-electron chi connectivity index (χ2n) is 5.62. The Bertz CT molecular complexity index is 516. The maximum atomic E-state index is 11.9. The maximum absolute atomic E-state index is 11.9. The van der Waals surface area contributed by atoms with Crippen LogP contribution in [0.1, 0.15) is 42.6 Å². The highest BCUT2D eigenvalue weighted by Gasteiger charge is 2.20. The van der Waals surface area contributed by atoms with Crippen LogP contribution in [0, 0.1) is 17.8 Å². The van der Waals surface area contributed by atoms with Crippen LogP contribution in [-0.4, -0.2) is 23.2 Å². The van der Waals surface area contributed by atoms with E-state index >= 15 is 0 Å². The normalized spacial score (nSPS) is 14.5. The van der Waals surface area contributed by atoms with Crippen LogP contribution in [0.15, 0.2) is 24.3 Å². The molecule has 2 N–H and O–H groups in total. The summed E-state index contributed by atoms with van der Waals surface area (Å²) in [5.41, 5.74) is 0.907. The lowest BCUT2D eigenvalue weighted by Crippen LogP contribution is -2.46. The molecule has 1 aliphatic rings. The van der Waals surface area contributed by atoms with Gasteiger partial charge in [0.2, 0.25) is 0 Å². The Morgan fingerprint density at radius 3 is 2.53 bits per heavy atom. The first-order chi connectivity index (χ1) is 9.00. The third-order valence-electron chi connectivity index (χ3n) is 2.99. The lowest BCUT2D eigenvalue weighted by molar-refractivity contribution is 0.0869. The molecule has 0 aliphatic heterocycles. The van der Waals surface area contributed by atoms with Crippen molar-refractivity contribution in [3.63, 3.8) is 0 Å². The van der Waals surface area contributed by atoms with Gasteiger partial charge in [-0.05, 0) is 51.0 Å². The zero-order valence-electron chi connectivity index (χ0n) is 11.4. The zero-order chi connectivity index (χ0) is 13.9. The summed E-state index contributed by atoms with van der Waals surface area (Å²) in [5, 5.41) is 11.9. The van der Waals surface area contributed by atoms with Gasteiger partial charge >= 0.3 is 0 Å². The Hall–Kier alpha value is -1.79. The van der Waals surface area contributed by atoms with Crippen molar-refractivity contribution in [1.29, 1.82) is 0 Å². The van der Waals surface area contributed by atoms with Crippen molar-refractivity contribution in [2.24, 2.45) is 5.92 Å². The zero-order valence-corrected chi connectivity index (χ0v) is 11.4. The lowest BCUT2D eigenvalue weighted by atomic mass is 10.1. The number of aliphatic hydroxyl groups excluding tert-OH is 1. The summed E-state index contributed by atoms with van der Waals surface area (Å²) in [5.74, 6) is 6.69. The van der Waals surface area contributed by atoms with E-state index < -0.39 is 5.54 Å². The molecule has 0 saturated heterocycles. The molecule has 3 nitrogen and oxygen atoms in total. The minimum atomic E-state index is -0.610. The molecule has 0 bridgehead atoms. The van der Waals surface area contributed by atoms with Crippen LogP contribution in [0.2, 0.25) is 0 Å². The fraction of sp³-hybridized carbons (Fsp3) is 0.438. The highest BCUT2D eigenvalue weighted by atomic mass is 16.3. The summed E-state index contributed by atoms with van der Waals surface area (Å²) in [7, 11) is 0. The molecular weight excluding hydrogens is 238 g/mol. The molecule has 19 heavy (non-hydrogen) atoms. The Labute approximate surface area is 114 Å². The number of nitrogens with one attached hydrogen (secondary N) is 1. The van der Waals surface area contributed by atoms with Crippen molar-refractivity contribution in [3.8, 4) is 11.8 Å². The van der Waals surface area contributed by atoms with Crippen LogP contribution >= 0.6 is 0 Å². The highest BCUT2D eigenvalue weighted by Crippen LogP contribution is 2.27. The van der Waals surface area contributed by atoms with Crippen molar-refractivity contribution in [2.75, 3.05) is 6.61 Å². The van der Waals surface area contributed by atoms with Gasteiger partial charge in [-0.15, -0.1) is 0 Å². The molecule has 0 atom stereocenters. The molecule has 100 valence electrons. The van der Waals surface area contributed by atoms with Gasteiger partial charge in [-0.2, -0.15) is 0 Å². The number of hydrogen-bond acceptors (Lipinski definition) is 2. The number of carbonyl (C=O) groups is 1. The largest absolute Gasteiger partial charge is 0.394 e. The van der Waals surface area contributed by atoms with Gasteiger partial charge in [-0.1, -0.05) is 11.8 Å². The predicted octanol–water partition coefficient (Wildman–Crippen LogP) is 1.95. The van der Waals surface area contributed by atoms with Gasteiger partial charge in [0, 0.05) is 17.0 Å². The van der Waals surface area contributed by atoms with Crippen molar-refractivity contribution in [2.45, 2.75) is 32.2 Å². The van der Waals surface area contributed by atoms with E-state index in [4.69, 9.17) is 5.11 Å². The molecule has 1 fully saturated rings. The third-order valence-corrected chi connectivity index (χ3v) is 2.99. The quantitative estimate of drug-likeness (QED) is 0.813. The summed E-state index contributed by atoms with van der Waals surface area (Å²) in [6.45, 7) is 3.46. The first-order valence-electron chi connectivity index (χ1n) is 6.55. The van der Waals surface area contributed by atoms with Crippen LogP contribution < -0.4 is 5.32 Å². The summed E-state index contributed by atoms with van der Waals surface area (Å²) in [6, 6.07) is 7.24. The molecule has 1 aliphatic carbocycles. The monoisotopic (exact) mass is 257 g/mol. The standard InChI is InChI=1S/C16H19NO2/c1-16(2,11-18)17-15(19)14-9-7-13(8-10-14)6-5-12-3-4-12/h7-10,12,18H,3-4,11H2,1-2H3,(H,17,19). The van der Waals surface area contributed by atoms with Gasteiger partial charge in [0.15, 0.2) is 0 Å². The molecule has 2 rings (SSSR count). The molecule has 0 spiro atoms. The highest BCUT2D eigenvalue weighted by molar-refractivity contribution is 5.94. The van der Waals surface area contributed by atoms with Crippen molar-refractivity contribution >= 4 is 5.91 Å². The van der Waals surface area contributed by atoms with Crippen LogP contribution in [0.4, 0.5) is 0 Å². The van der Waals surface area contributed by atoms with E-state index in [0.717, 1.165) is 5.56 Å². The van der Waals surface area contributed by atoms with Crippen molar-refractivity contribution in [1.82, 2.24) is 5.32 Å². The average molecular weight is 257 g/mol. The smallest absolute Gasteiger partial charge is 0.251 e. The maximum Gasteiger partial charge on any atom is 0.251 e. The van der Waals surface area contributed by atoms with E-state index in [-0.39, 0.29) is 12.5 Å². The topological polar surface area (TPSA) is 49.3 Å². The van der Waals surface area contributed by atoms with Crippen LogP contribution in [0.5, 0.6) is 0 Å². The van der Waals surface area contributed by atoms with Crippen LogP contribution in [0.3, 0.4) is 0 Å². The summed E-state index contributed by atoms with van der Waals surface area (Å²) in [6.07, 6.45) is 2.42. The lowest BCUT2D eigenvalue weighted by Gasteiger charge is -2.23. The molecule has 1 aromatic carbocycles. The fourth-order valence-corrected chi connectivity index (χ4v) is 1.54. The van der Waals surface area contributed by atoms with E-state index in [0.29, 0.717) is 11.5 Å². The van der Waals surface area contributed by atoms with Crippen LogP contribution in [0.25, 0.3) is 0 Å². The van der Waals surface area contributed by atoms with Gasteiger partial charge in [-0.3, -0.25) is 4.79 Å². The molecule has 1 amide bonds. The Balaban J connectivity index is 2.01. The summed E-state index contributed by atoms with van der Waals surface area (Å²) in [4.78, 5) is 11.9. The molecular formula is C16H19NO2. The van der Waals surface area contributed by atoms with E-state index in [1.807, 2.05) is 12.1 Å². The van der Waals surface area contributed by atoms with E-state index in [1.165, 1.54) is 12.8 Å². The third kappa shape index (κ3) is 4.11. The van der Waals surface area contributed by atoms with Crippen molar-refractivity contribution in [3.05, 3.63) is 35.4 Å². The number of rotatable bonds is 3. The number of aliphatic hydroxyl groups is 1. The second kappa shape index (κ2) is 5.46. The van der Waals surface area contributed by atoms with Crippen molar-refractivity contribution < 1.29 is 9.90 Å². The summed E-state index contributed by atoms with van der Waals surface area (Å²) >= 11 is 0. The first-order valence-corrected chi connectivity index (χ1v) is 6.55. The van der Waals surface area contributed by atoms with Gasteiger partial charge < -0.3 is 10.4 Å². The first kappa shape index (κ1) is 13.6. The molecule has 0 heterocycles. The molecule has 3 heteroatoms. The van der Waals surface area contributed by atoms with Gasteiger partial charge in [0.05, 0.1) is 12.1 Å². The van der Waals surface area contributed by atoms with E-state index in [2.05, 4.69) is 17.2 Å². The van der Waals surface area contributed by atoms with E-state index in [9.17, 15) is 4.79 Å². The number of hydrogen-bond donors (Lipinski definition) is 2. The number of benzene rings is 1. The van der Waals surface area contributed by atoms with Gasteiger partial charge in [-0.25, -0.2) is 0 Å². The fourth-order valence-electron chi connectivity index (χ4n) is 1.54. The Morgan fingerprint density at radius 2 is 2.00 bits per heavy atom. The average Bonchev–Trinajstić information content (AvgIpc) is 3.20. The Morgan fingerprint density at radius 1 is 1.37 bits per heavy atom. The molecule has 0 radical (unpaired) electrons. The van der Waals surface area contributed by atoms with Crippen LogP contribution in [-0.2, 0) is 0 Å². The molecule has 1 saturated carbocycles. The second-order valence-corrected chi connectivity index (χ2v) is 5.62. The minimum Gasteiger partial charge on any atom is -0.394 e. The van der Waals surface area contributed by atoms with Gasteiger partial charge in [0.1, 0.15) is 0 Å². The Kier molecular flexibility index (Phi) is 3.92. The molecule has 0 unspecified atom stereocenters. The molecule has 1 aromatic rings. The molecule has 0 aromatic heterocycles.